The number of aromatic nitrogens is 2. The van der Waals surface area contributed by atoms with Crippen LogP contribution in [0.5, 0.6) is 0 Å². The molecule has 1 N–H and O–H groups in total. The Morgan fingerprint density at radius 3 is 2.81 bits per heavy atom. The van der Waals surface area contributed by atoms with Crippen molar-refractivity contribution in [3.8, 4) is 0 Å². The fourth-order valence-corrected chi connectivity index (χ4v) is 2.68. The molecule has 0 amide bonds. The van der Waals surface area contributed by atoms with Crippen molar-refractivity contribution in [2.24, 2.45) is 13.0 Å². The fourth-order valence-electron chi connectivity index (χ4n) is 1.16. The molecule has 0 aromatic carbocycles. The van der Waals surface area contributed by atoms with Crippen LogP contribution in [0.15, 0.2) is 17.3 Å². The fraction of sp³-hybridized carbons (Fsp3) is 0.667. The van der Waals surface area contributed by atoms with Crippen LogP contribution in [0.2, 0.25) is 0 Å². The molecule has 5 nitrogen and oxygen atoms in total. The Bertz CT molecular complexity index is 430. The Labute approximate surface area is 101 Å². The Kier molecular flexibility index (Phi) is 4.76. The van der Waals surface area contributed by atoms with Crippen LogP contribution in [0.1, 0.15) is 13.3 Å². The summed E-state index contributed by atoms with van der Waals surface area (Å²) in [6, 6.07) is 0. The molecule has 7 heteroatoms. The SMILES string of the molecule is CC(CCCl)CNS(=O)(=O)c1cnn(C)c1. The number of halogens is 1. The third-order valence-corrected chi connectivity index (χ3v) is 3.81. The van der Waals surface area contributed by atoms with Gasteiger partial charge in [0.1, 0.15) is 4.90 Å². The molecule has 1 aromatic heterocycles. The molecule has 0 aliphatic rings. The lowest BCUT2D eigenvalue weighted by Gasteiger charge is -2.10. The van der Waals surface area contributed by atoms with Crippen molar-refractivity contribution in [3.63, 3.8) is 0 Å². The Hall–Kier alpha value is -0.590. The first-order valence-electron chi connectivity index (χ1n) is 5.00. The molecular formula is C9H16ClN3O2S. The Balaban J connectivity index is 2.59. The Morgan fingerprint density at radius 2 is 2.31 bits per heavy atom. The standard InChI is InChI=1S/C9H16ClN3O2S/c1-8(3-4-10)5-12-16(14,15)9-6-11-13(2)7-9/h6-8,12H,3-5H2,1-2H3. The highest BCUT2D eigenvalue weighted by Gasteiger charge is 2.16. The highest BCUT2D eigenvalue weighted by atomic mass is 35.5. The Morgan fingerprint density at radius 1 is 1.62 bits per heavy atom. The van der Waals surface area contributed by atoms with Gasteiger partial charge in [0.05, 0.1) is 6.20 Å². The van der Waals surface area contributed by atoms with Gasteiger partial charge in [-0.15, -0.1) is 11.6 Å². The number of nitrogens with one attached hydrogen (secondary N) is 1. The molecule has 92 valence electrons. The first-order chi connectivity index (χ1) is 7.45. The molecule has 0 saturated carbocycles. The summed E-state index contributed by atoms with van der Waals surface area (Å²) in [6.45, 7) is 2.35. The molecule has 1 heterocycles. The maximum Gasteiger partial charge on any atom is 0.243 e. The zero-order valence-corrected chi connectivity index (χ0v) is 10.9. The highest BCUT2D eigenvalue weighted by molar-refractivity contribution is 7.89. The first-order valence-corrected chi connectivity index (χ1v) is 7.01. The van der Waals surface area contributed by atoms with E-state index in [0.29, 0.717) is 12.4 Å². The number of hydrogen-bond acceptors (Lipinski definition) is 3. The summed E-state index contributed by atoms with van der Waals surface area (Å²) in [6.07, 6.45) is 3.58. The lowest BCUT2D eigenvalue weighted by Crippen LogP contribution is -2.28. The summed E-state index contributed by atoms with van der Waals surface area (Å²) in [7, 11) is -1.75. The molecule has 16 heavy (non-hydrogen) atoms. The summed E-state index contributed by atoms with van der Waals surface area (Å²) in [5, 5.41) is 3.82. The van der Waals surface area contributed by atoms with E-state index in [9.17, 15) is 8.42 Å². The van der Waals surface area contributed by atoms with Gasteiger partial charge >= 0.3 is 0 Å². The van der Waals surface area contributed by atoms with Crippen molar-refractivity contribution in [1.82, 2.24) is 14.5 Å². The highest BCUT2D eigenvalue weighted by Crippen LogP contribution is 2.08. The van der Waals surface area contributed by atoms with Crippen LogP contribution in [0.4, 0.5) is 0 Å². The van der Waals surface area contributed by atoms with E-state index in [4.69, 9.17) is 11.6 Å². The topological polar surface area (TPSA) is 64.0 Å². The van der Waals surface area contributed by atoms with Crippen LogP contribution < -0.4 is 4.72 Å². The maximum atomic E-state index is 11.8. The van der Waals surface area contributed by atoms with Gasteiger partial charge in [-0.3, -0.25) is 4.68 Å². The van der Waals surface area contributed by atoms with Crippen molar-refractivity contribution in [3.05, 3.63) is 12.4 Å². The molecule has 1 aromatic rings. The van der Waals surface area contributed by atoms with Gasteiger partial charge < -0.3 is 0 Å². The lowest BCUT2D eigenvalue weighted by molar-refractivity contribution is 0.530. The average Bonchev–Trinajstić information content (AvgIpc) is 2.63. The monoisotopic (exact) mass is 265 g/mol. The van der Waals surface area contributed by atoms with Gasteiger partial charge in [-0.2, -0.15) is 5.10 Å². The van der Waals surface area contributed by atoms with Crippen molar-refractivity contribution >= 4 is 21.6 Å². The molecule has 0 radical (unpaired) electrons. The van der Waals surface area contributed by atoms with Gasteiger partial charge in [-0.05, 0) is 12.3 Å². The summed E-state index contributed by atoms with van der Waals surface area (Å²) >= 11 is 5.58. The van der Waals surface area contributed by atoms with Crippen LogP contribution in [0.3, 0.4) is 0 Å². The second-order valence-corrected chi connectivity index (χ2v) is 5.93. The van der Waals surface area contributed by atoms with Gasteiger partial charge in [-0.25, -0.2) is 13.1 Å². The van der Waals surface area contributed by atoms with E-state index < -0.39 is 10.0 Å². The predicted molar refractivity (Wildman–Crippen MR) is 62.9 cm³/mol. The smallest absolute Gasteiger partial charge is 0.243 e. The summed E-state index contributed by atoms with van der Waals surface area (Å²) in [5.74, 6) is 0.763. The van der Waals surface area contributed by atoms with Crippen LogP contribution >= 0.6 is 11.6 Å². The van der Waals surface area contributed by atoms with E-state index in [1.165, 1.54) is 17.1 Å². The summed E-state index contributed by atoms with van der Waals surface area (Å²) in [5.41, 5.74) is 0. The number of sulfonamides is 1. The minimum atomic E-state index is -3.43. The number of hydrogen-bond donors (Lipinski definition) is 1. The number of aryl methyl sites for hydroxylation is 1. The maximum absolute atomic E-state index is 11.8. The van der Waals surface area contributed by atoms with E-state index >= 15 is 0 Å². The summed E-state index contributed by atoms with van der Waals surface area (Å²) < 4.78 is 27.5. The third-order valence-electron chi connectivity index (χ3n) is 2.22. The molecule has 0 spiro atoms. The van der Waals surface area contributed by atoms with Crippen LogP contribution in [-0.4, -0.2) is 30.6 Å². The second kappa shape index (κ2) is 5.65. The molecule has 0 aliphatic heterocycles. The van der Waals surface area contributed by atoms with Crippen molar-refractivity contribution in [2.75, 3.05) is 12.4 Å². The number of nitrogens with zero attached hydrogens (tertiary/aromatic N) is 2. The minimum Gasteiger partial charge on any atom is -0.274 e. The van der Waals surface area contributed by atoms with Crippen LogP contribution in [-0.2, 0) is 17.1 Å². The van der Waals surface area contributed by atoms with Gasteiger partial charge in [0, 0.05) is 25.7 Å². The van der Waals surface area contributed by atoms with Crippen molar-refractivity contribution in [1.29, 1.82) is 0 Å². The van der Waals surface area contributed by atoms with Gasteiger partial charge in [0.25, 0.3) is 0 Å². The molecular weight excluding hydrogens is 250 g/mol. The molecule has 1 rings (SSSR count). The van der Waals surface area contributed by atoms with Gasteiger partial charge in [0.2, 0.25) is 10.0 Å². The molecule has 0 aliphatic carbocycles. The van der Waals surface area contributed by atoms with Crippen molar-refractivity contribution < 1.29 is 8.42 Å². The van der Waals surface area contributed by atoms with Crippen LogP contribution in [0, 0.1) is 5.92 Å². The molecule has 0 bridgehead atoms. The van der Waals surface area contributed by atoms with E-state index in [-0.39, 0.29) is 10.8 Å². The number of alkyl halides is 1. The van der Waals surface area contributed by atoms with Crippen LogP contribution in [0.25, 0.3) is 0 Å². The zero-order valence-electron chi connectivity index (χ0n) is 9.35. The van der Waals surface area contributed by atoms with E-state index in [0.717, 1.165) is 6.42 Å². The van der Waals surface area contributed by atoms with E-state index in [2.05, 4.69) is 9.82 Å². The largest absolute Gasteiger partial charge is 0.274 e. The number of rotatable bonds is 6. The molecule has 0 saturated heterocycles. The molecule has 0 fully saturated rings. The molecule has 1 unspecified atom stereocenters. The lowest BCUT2D eigenvalue weighted by atomic mass is 10.1. The summed E-state index contributed by atoms with van der Waals surface area (Å²) in [4.78, 5) is 0.188. The van der Waals surface area contributed by atoms with Crippen molar-refractivity contribution in [2.45, 2.75) is 18.2 Å². The minimum absolute atomic E-state index is 0.188. The second-order valence-electron chi connectivity index (χ2n) is 3.78. The quantitative estimate of drug-likeness (QED) is 0.780. The molecule has 1 atom stereocenters. The zero-order chi connectivity index (χ0) is 12.2. The van der Waals surface area contributed by atoms with Gasteiger partial charge in [0.15, 0.2) is 0 Å². The predicted octanol–water partition coefficient (Wildman–Crippen LogP) is 0.963. The van der Waals surface area contributed by atoms with E-state index in [1.54, 1.807) is 7.05 Å². The third kappa shape index (κ3) is 3.77. The average molecular weight is 266 g/mol. The van der Waals surface area contributed by atoms with Gasteiger partial charge in [-0.1, -0.05) is 6.92 Å². The first kappa shape index (κ1) is 13.5. The normalized spacial score (nSPS) is 13.9. The van der Waals surface area contributed by atoms with E-state index in [1.807, 2.05) is 6.92 Å².